The van der Waals surface area contributed by atoms with Gasteiger partial charge in [-0.05, 0) is 42.3 Å². The summed E-state index contributed by atoms with van der Waals surface area (Å²) in [7, 11) is 0. The Morgan fingerprint density at radius 3 is 2.10 bits per heavy atom. The van der Waals surface area contributed by atoms with E-state index in [-0.39, 0.29) is 12.5 Å². The summed E-state index contributed by atoms with van der Waals surface area (Å²) in [6.45, 7) is 4.04. The minimum absolute atomic E-state index is 0.135. The standard InChI is InChI=1S/C35H45N3O4/c1-3-4-5-6-7-8-9-10-11-12-13-18-33(39)36-26-34(40)38-37-25-31-30-17-15-14-16-28(30)23-24-32(31)42-35(41)29-21-19-27(2)20-22-29/h14-17,19-25H,3-13,18,26H2,1-2H3,(H,36,39)(H,38,40)/b37-25-. The largest absolute Gasteiger partial charge is 0.422 e. The second-order valence-corrected chi connectivity index (χ2v) is 10.8. The Kier molecular flexibility index (Phi) is 14.3. The minimum atomic E-state index is -0.482. The Balaban J connectivity index is 1.42. The van der Waals surface area contributed by atoms with Crippen LogP contribution in [0.2, 0.25) is 0 Å². The maximum atomic E-state index is 12.8. The molecule has 0 aliphatic carbocycles. The zero-order chi connectivity index (χ0) is 30.0. The minimum Gasteiger partial charge on any atom is -0.422 e. The predicted molar refractivity (Wildman–Crippen MR) is 170 cm³/mol. The van der Waals surface area contributed by atoms with Gasteiger partial charge in [-0.15, -0.1) is 0 Å². The van der Waals surface area contributed by atoms with Crippen LogP contribution in [0, 0.1) is 6.92 Å². The normalized spacial score (nSPS) is 11.1. The van der Waals surface area contributed by atoms with E-state index in [1.165, 1.54) is 57.6 Å². The monoisotopic (exact) mass is 571 g/mol. The molecular weight excluding hydrogens is 526 g/mol. The number of hydrogen-bond donors (Lipinski definition) is 2. The molecule has 2 N–H and O–H groups in total. The highest BCUT2D eigenvalue weighted by Gasteiger charge is 2.14. The lowest BCUT2D eigenvalue weighted by molar-refractivity contribution is -0.126. The molecule has 0 aliphatic rings. The van der Waals surface area contributed by atoms with Crippen molar-refractivity contribution in [2.45, 2.75) is 90.9 Å². The highest BCUT2D eigenvalue weighted by atomic mass is 16.5. The van der Waals surface area contributed by atoms with E-state index in [9.17, 15) is 14.4 Å². The van der Waals surface area contributed by atoms with Crippen molar-refractivity contribution in [1.29, 1.82) is 0 Å². The van der Waals surface area contributed by atoms with Gasteiger partial charge < -0.3 is 10.1 Å². The highest BCUT2D eigenvalue weighted by Crippen LogP contribution is 2.27. The average molecular weight is 572 g/mol. The van der Waals surface area contributed by atoms with Crippen molar-refractivity contribution in [3.05, 3.63) is 77.4 Å². The Hall–Kier alpha value is -4.00. The van der Waals surface area contributed by atoms with E-state index >= 15 is 0 Å². The molecule has 42 heavy (non-hydrogen) atoms. The molecule has 7 nitrogen and oxygen atoms in total. The van der Waals surface area contributed by atoms with Crippen LogP contribution in [0.5, 0.6) is 5.75 Å². The molecular formula is C35H45N3O4. The van der Waals surface area contributed by atoms with Crippen LogP contribution in [0.3, 0.4) is 0 Å². The van der Waals surface area contributed by atoms with Gasteiger partial charge in [0.25, 0.3) is 5.91 Å². The number of nitrogens with one attached hydrogen (secondary N) is 2. The number of carbonyl (C=O) groups is 3. The number of benzene rings is 3. The lowest BCUT2D eigenvalue weighted by Crippen LogP contribution is -2.34. The van der Waals surface area contributed by atoms with Crippen LogP contribution in [-0.4, -0.2) is 30.5 Å². The summed E-state index contributed by atoms with van der Waals surface area (Å²) in [6.07, 6.45) is 15.3. The molecule has 2 amide bonds. The summed E-state index contributed by atoms with van der Waals surface area (Å²) >= 11 is 0. The number of aryl methyl sites for hydroxylation is 1. The summed E-state index contributed by atoms with van der Waals surface area (Å²) in [5.74, 6) is -0.719. The predicted octanol–water partition coefficient (Wildman–Crippen LogP) is 7.63. The van der Waals surface area contributed by atoms with Gasteiger partial charge in [-0.3, -0.25) is 9.59 Å². The number of nitrogens with zero attached hydrogens (tertiary/aromatic N) is 1. The second kappa shape index (κ2) is 18.4. The third-order valence-electron chi connectivity index (χ3n) is 7.26. The fourth-order valence-electron chi connectivity index (χ4n) is 4.77. The molecule has 0 heterocycles. The molecule has 0 radical (unpaired) electrons. The number of hydrazone groups is 1. The molecule has 0 saturated heterocycles. The van der Waals surface area contributed by atoms with Crippen molar-refractivity contribution in [3.63, 3.8) is 0 Å². The summed E-state index contributed by atoms with van der Waals surface area (Å²) in [5, 5.41) is 8.51. The van der Waals surface area contributed by atoms with Crippen molar-refractivity contribution < 1.29 is 19.1 Å². The molecule has 0 atom stereocenters. The van der Waals surface area contributed by atoms with Crippen molar-refractivity contribution >= 4 is 34.8 Å². The fourth-order valence-corrected chi connectivity index (χ4v) is 4.77. The molecule has 224 valence electrons. The zero-order valence-corrected chi connectivity index (χ0v) is 25.1. The van der Waals surface area contributed by atoms with E-state index in [0.717, 1.165) is 35.6 Å². The Morgan fingerprint density at radius 2 is 1.40 bits per heavy atom. The average Bonchev–Trinajstić information content (AvgIpc) is 3.00. The summed E-state index contributed by atoms with van der Waals surface area (Å²) < 4.78 is 5.71. The van der Waals surface area contributed by atoms with Gasteiger partial charge in [-0.1, -0.05) is 119 Å². The number of esters is 1. The molecule has 0 aromatic heterocycles. The SMILES string of the molecule is CCCCCCCCCCCCCC(=O)NCC(=O)N/N=C\c1c(OC(=O)c2ccc(C)cc2)ccc2ccccc12. The lowest BCUT2D eigenvalue weighted by Gasteiger charge is -2.11. The fraction of sp³-hybridized carbons (Fsp3) is 0.429. The maximum Gasteiger partial charge on any atom is 0.343 e. The maximum absolute atomic E-state index is 12.8. The Labute approximate surface area is 250 Å². The molecule has 3 aromatic carbocycles. The third kappa shape index (κ3) is 11.5. The molecule has 0 unspecified atom stereocenters. The van der Waals surface area contributed by atoms with Crippen LogP contribution in [0.1, 0.15) is 105 Å². The van der Waals surface area contributed by atoms with Crippen molar-refractivity contribution in [1.82, 2.24) is 10.7 Å². The smallest absolute Gasteiger partial charge is 0.343 e. The first-order valence-electron chi connectivity index (χ1n) is 15.4. The van der Waals surface area contributed by atoms with Gasteiger partial charge in [0.2, 0.25) is 5.91 Å². The summed E-state index contributed by atoms with van der Waals surface area (Å²) in [6, 6.07) is 18.4. The van der Waals surface area contributed by atoms with Crippen LogP contribution in [0.4, 0.5) is 0 Å². The number of rotatable bonds is 18. The quantitative estimate of drug-likeness (QED) is 0.0539. The molecule has 7 heteroatoms. The summed E-state index contributed by atoms with van der Waals surface area (Å²) in [4.78, 5) is 37.2. The van der Waals surface area contributed by atoms with E-state index in [2.05, 4.69) is 22.8 Å². The molecule has 0 bridgehead atoms. The molecule has 0 aliphatic heterocycles. The highest BCUT2D eigenvalue weighted by molar-refractivity contribution is 6.04. The molecule has 0 spiro atoms. The second-order valence-electron chi connectivity index (χ2n) is 10.8. The van der Waals surface area contributed by atoms with Crippen molar-refractivity contribution in [3.8, 4) is 5.75 Å². The molecule has 3 aromatic rings. The van der Waals surface area contributed by atoms with Gasteiger partial charge in [-0.2, -0.15) is 5.10 Å². The first-order valence-corrected chi connectivity index (χ1v) is 15.4. The topological polar surface area (TPSA) is 96.9 Å². The van der Waals surface area contributed by atoms with E-state index < -0.39 is 11.9 Å². The van der Waals surface area contributed by atoms with Crippen LogP contribution in [0.25, 0.3) is 10.8 Å². The summed E-state index contributed by atoms with van der Waals surface area (Å²) in [5.41, 5.74) is 4.51. The van der Waals surface area contributed by atoms with Crippen LogP contribution in [-0.2, 0) is 9.59 Å². The molecule has 0 fully saturated rings. The number of carbonyl (C=O) groups excluding carboxylic acids is 3. The van der Waals surface area contributed by atoms with Crippen LogP contribution >= 0.6 is 0 Å². The van der Waals surface area contributed by atoms with Gasteiger partial charge in [0.05, 0.1) is 18.3 Å². The zero-order valence-electron chi connectivity index (χ0n) is 25.1. The van der Waals surface area contributed by atoms with Crippen LogP contribution in [0.15, 0.2) is 65.8 Å². The number of fused-ring (bicyclic) bond motifs is 1. The van der Waals surface area contributed by atoms with E-state index in [1.807, 2.05) is 49.4 Å². The molecule has 0 saturated carbocycles. The van der Waals surface area contributed by atoms with Crippen LogP contribution < -0.4 is 15.5 Å². The van der Waals surface area contributed by atoms with Gasteiger partial charge >= 0.3 is 5.97 Å². The first-order chi connectivity index (χ1) is 20.5. The van der Waals surface area contributed by atoms with Gasteiger partial charge in [0, 0.05) is 12.0 Å². The lowest BCUT2D eigenvalue weighted by atomic mass is 10.0. The number of unbranched alkanes of at least 4 members (excludes halogenated alkanes) is 10. The van der Waals surface area contributed by atoms with Crippen molar-refractivity contribution in [2.24, 2.45) is 5.10 Å². The Morgan fingerprint density at radius 1 is 0.762 bits per heavy atom. The van der Waals surface area contributed by atoms with Gasteiger partial charge in [-0.25, -0.2) is 10.2 Å². The van der Waals surface area contributed by atoms with E-state index in [4.69, 9.17) is 4.74 Å². The molecule has 3 rings (SSSR count). The van der Waals surface area contributed by atoms with Gasteiger partial charge in [0.15, 0.2) is 0 Å². The first kappa shape index (κ1) is 32.5. The number of amides is 2. The Bertz CT molecular complexity index is 1320. The van der Waals surface area contributed by atoms with E-state index in [0.29, 0.717) is 23.3 Å². The third-order valence-corrected chi connectivity index (χ3v) is 7.26. The number of ether oxygens (including phenoxy) is 1. The van der Waals surface area contributed by atoms with Crippen molar-refractivity contribution in [2.75, 3.05) is 6.54 Å². The van der Waals surface area contributed by atoms with E-state index in [1.54, 1.807) is 18.2 Å². The number of hydrogen-bond acceptors (Lipinski definition) is 5. The van der Waals surface area contributed by atoms with Gasteiger partial charge in [0.1, 0.15) is 5.75 Å².